The van der Waals surface area contributed by atoms with Crippen molar-refractivity contribution in [2.75, 3.05) is 0 Å². The molecule has 0 radical (unpaired) electrons. The number of hydrogen-bond acceptors (Lipinski definition) is 2. The second-order valence-electron chi connectivity index (χ2n) is 5.91. The van der Waals surface area contributed by atoms with Crippen molar-refractivity contribution in [3.8, 4) is 0 Å². The molecule has 2 rings (SSSR count). The molecule has 2 N–H and O–H groups in total. The number of fused-ring (bicyclic) bond motifs is 1. The van der Waals surface area contributed by atoms with Gasteiger partial charge in [0, 0.05) is 26.1 Å². The Balaban J connectivity index is 1.84. The Bertz CT molecular complexity index is 454. The van der Waals surface area contributed by atoms with E-state index in [4.69, 9.17) is 0 Å². The lowest BCUT2D eigenvalue weighted by molar-refractivity contribution is -0.122. The molecule has 0 saturated heterocycles. The molecule has 104 valence electrons. The fourth-order valence-corrected chi connectivity index (χ4v) is 2.26. The highest BCUT2D eigenvalue weighted by molar-refractivity contribution is 5.76. The molecule has 0 fully saturated rings. The lowest BCUT2D eigenvalue weighted by atomic mass is 9.94. The van der Waals surface area contributed by atoms with Gasteiger partial charge in [0.25, 0.3) is 0 Å². The molecule has 1 aliphatic rings. The van der Waals surface area contributed by atoms with E-state index in [0.29, 0.717) is 24.8 Å². The van der Waals surface area contributed by atoms with Crippen molar-refractivity contribution in [1.82, 2.24) is 10.6 Å². The second-order valence-corrected chi connectivity index (χ2v) is 5.91. The molecule has 1 aromatic carbocycles. The summed E-state index contributed by atoms with van der Waals surface area (Å²) < 4.78 is 0. The quantitative estimate of drug-likeness (QED) is 0.854. The lowest BCUT2D eigenvalue weighted by Gasteiger charge is -2.15. The van der Waals surface area contributed by atoms with Crippen LogP contribution in [0.5, 0.6) is 0 Å². The summed E-state index contributed by atoms with van der Waals surface area (Å²) in [5.41, 5.74) is 3.93. The van der Waals surface area contributed by atoms with Gasteiger partial charge in [0.2, 0.25) is 5.91 Å². The largest absolute Gasteiger partial charge is 0.352 e. The molecule has 0 bridgehead atoms. The predicted octanol–water partition coefficient (Wildman–Crippen LogP) is 2.59. The molecule has 1 heterocycles. The van der Waals surface area contributed by atoms with Crippen molar-refractivity contribution in [2.45, 2.75) is 46.8 Å². The zero-order valence-electron chi connectivity index (χ0n) is 12.1. The smallest absolute Gasteiger partial charge is 0.220 e. The predicted molar refractivity (Wildman–Crippen MR) is 77.5 cm³/mol. The molecule has 0 aromatic heterocycles. The molecule has 0 saturated carbocycles. The van der Waals surface area contributed by atoms with Gasteiger partial charge in [0.05, 0.1) is 0 Å². The average molecular weight is 260 g/mol. The van der Waals surface area contributed by atoms with E-state index in [2.05, 4.69) is 49.6 Å². The minimum Gasteiger partial charge on any atom is -0.352 e. The van der Waals surface area contributed by atoms with Crippen molar-refractivity contribution < 1.29 is 4.79 Å². The number of nitrogens with one attached hydrogen (secondary N) is 2. The number of rotatable bonds is 5. The van der Waals surface area contributed by atoms with E-state index in [0.717, 1.165) is 13.1 Å². The Morgan fingerprint density at radius 3 is 2.74 bits per heavy atom. The molecule has 19 heavy (non-hydrogen) atoms. The van der Waals surface area contributed by atoms with Crippen LogP contribution < -0.4 is 10.6 Å². The van der Waals surface area contributed by atoms with E-state index in [1.165, 1.54) is 16.7 Å². The fourth-order valence-electron chi connectivity index (χ4n) is 2.26. The number of hydrogen-bond donors (Lipinski definition) is 2. The third-order valence-corrected chi connectivity index (χ3v) is 4.04. The summed E-state index contributed by atoms with van der Waals surface area (Å²) in [4.78, 5) is 11.8. The highest BCUT2D eigenvalue weighted by Gasteiger charge is 2.13. The van der Waals surface area contributed by atoms with Crippen molar-refractivity contribution >= 4 is 5.91 Å². The molecule has 1 amide bonds. The third kappa shape index (κ3) is 3.80. The Morgan fingerprint density at radius 1 is 1.26 bits per heavy atom. The monoisotopic (exact) mass is 260 g/mol. The Labute approximate surface area is 115 Å². The molecular weight excluding hydrogens is 236 g/mol. The van der Waals surface area contributed by atoms with Crippen LogP contribution in [-0.2, 0) is 24.4 Å². The summed E-state index contributed by atoms with van der Waals surface area (Å²) in [6, 6.07) is 6.47. The van der Waals surface area contributed by atoms with Crippen molar-refractivity contribution in [2.24, 2.45) is 11.8 Å². The zero-order valence-corrected chi connectivity index (χ0v) is 12.1. The summed E-state index contributed by atoms with van der Waals surface area (Å²) in [5, 5.41) is 6.35. The topological polar surface area (TPSA) is 41.1 Å². The van der Waals surface area contributed by atoms with E-state index in [-0.39, 0.29) is 5.91 Å². The first-order valence-corrected chi connectivity index (χ1v) is 7.14. The number of benzene rings is 1. The van der Waals surface area contributed by atoms with Gasteiger partial charge in [-0.25, -0.2) is 0 Å². The second kappa shape index (κ2) is 6.20. The molecule has 0 aliphatic carbocycles. The Kier molecular flexibility index (Phi) is 4.59. The van der Waals surface area contributed by atoms with Crippen LogP contribution in [0.4, 0.5) is 0 Å². The summed E-state index contributed by atoms with van der Waals surface area (Å²) in [6.45, 7) is 8.99. The first-order chi connectivity index (χ1) is 9.06. The van der Waals surface area contributed by atoms with Gasteiger partial charge in [-0.15, -0.1) is 0 Å². The molecule has 3 nitrogen and oxygen atoms in total. The van der Waals surface area contributed by atoms with Crippen LogP contribution in [0.2, 0.25) is 0 Å². The van der Waals surface area contributed by atoms with Gasteiger partial charge in [-0.2, -0.15) is 0 Å². The molecule has 1 aromatic rings. The highest BCUT2D eigenvalue weighted by Crippen LogP contribution is 2.17. The highest BCUT2D eigenvalue weighted by atomic mass is 16.1. The maximum atomic E-state index is 11.8. The fraction of sp³-hybridized carbons (Fsp3) is 0.562. The minimum atomic E-state index is 0.153. The summed E-state index contributed by atoms with van der Waals surface area (Å²) in [7, 11) is 0. The van der Waals surface area contributed by atoms with Crippen LogP contribution in [0.3, 0.4) is 0 Å². The maximum absolute atomic E-state index is 11.8. The van der Waals surface area contributed by atoms with E-state index >= 15 is 0 Å². The van der Waals surface area contributed by atoms with Crippen molar-refractivity contribution in [3.63, 3.8) is 0 Å². The van der Waals surface area contributed by atoms with Crippen LogP contribution in [0, 0.1) is 11.8 Å². The van der Waals surface area contributed by atoms with Gasteiger partial charge in [-0.1, -0.05) is 39.0 Å². The number of carbonyl (C=O) groups excluding carboxylic acids is 1. The van der Waals surface area contributed by atoms with E-state index in [1.54, 1.807) is 0 Å². The minimum absolute atomic E-state index is 0.153. The van der Waals surface area contributed by atoms with Gasteiger partial charge < -0.3 is 10.6 Å². The van der Waals surface area contributed by atoms with Crippen molar-refractivity contribution in [3.05, 3.63) is 34.9 Å². The van der Waals surface area contributed by atoms with E-state index in [9.17, 15) is 4.79 Å². The van der Waals surface area contributed by atoms with Gasteiger partial charge >= 0.3 is 0 Å². The summed E-state index contributed by atoms with van der Waals surface area (Å²) in [5.74, 6) is 1.14. The number of amides is 1. The van der Waals surface area contributed by atoms with Gasteiger partial charge in [0.1, 0.15) is 0 Å². The molecular formula is C16H24N2O. The van der Waals surface area contributed by atoms with Gasteiger partial charge in [0.15, 0.2) is 0 Å². The average Bonchev–Trinajstić information content (AvgIpc) is 2.83. The molecule has 0 spiro atoms. The summed E-state index contributed by atoms with van der Waals surface area (Å²) >= 11 is 0. The first-order valence-electron chi connectivity index (χ1n) is 7.14. The molecule has 1 atom stereocenters. The Morgan fingerprint density at radius 2 is 2.00 bits per heavy atom. The Hall–Kier alpha value is -1.35. The third-order valence-electron chi connectivity index (χ3n) is 4.04. The van der Waals surface area contributed by atoms with Crippen LogP contribution in [0.25, 0.3) is 0 Å². The SMILES string of the molecule is CC(C)C(C)CC(=O)NCc1ccc2c(c1)CNC2. The van der Waals surface area contributed by atoms with Crippen LogP contribution in [0.15, 0.2) is 18.2 Å². The molecule has 1 unspecified atom stereocenters. The normalized spacial score (nSPS) is 15.4. The summed E-state index contributed by atoms with van der Waals surface area (Å²) in [6.07, 6.45) is 0.615. The van der Waals surface area contributed by atoms with Crippen LogP contribution in [0.1, 0.15) is 43.9 Å². The zero-order chi connectivity index (χ0) is 13.8. The van der Waals surface area contributed by atoms with Crippen LogP contribution in [-0.4, -0.2) is 5.91 Å². The van der Waals surface area contributed by atoms with Crippen LogP contribution >= 0.6 is 0 Å². The van der Waals surface area contributed by atoms with Crippen molar-refractivity contribution in [1.29, 1.82) is 0 Å². The van der Waals surface area contributed by atoms with Gasteiger partial charge in [-0.3, -0.25) is 4.79 Å². The van der Waals surface area contributed by atoms with E-state index < -0.39 is 0 Å². The van der Waals surface area contributed by atoms with E-state index in [1.807, 2.05) is 0 Å². The molecule has 1 aliphatic heterocycles. The number of carbonyl (C=O) groups is 1. The molecule has 3 heteroatoms. The maximum Gasteiger partial charge on any atom is 0.220 e. The van der Waals surface area contributed by atoms with Gasteiger partial charge in [-0.05, 0) is 28.5 Å². The standard InChI is InChI=1S/C16H24N2O/c1-11(2)12(3)6-16(19)18-8-13-4-5-14-9-17-10-15(14)7-13/h4-5,7,11-12,17H,6,8-10H2,1-3H3,(H,18,19). The first kappa shape index (κ1) is 14.1. The lowest BCUT2D eigenvalue weighted by Crippen LogP contribution is -2.25.